The molecule has 2 aromatic heterocycles. The smallest absolute Gasteiger partial charge is 0.306 e. The highest BCUT2D eigenvalue weighted by Crippen LogP contribution is 2.16. The highest BCUT2D eigenvalue weighted by Gasteiger charge is 2.14. The molecule has 0 N–H and O–H groups in total. The predicted molar refractivity (Wildman–Crippen MR) is 75.1 cm³/mol. The molecular formula is C15H19IN4. The van der Waals surface area contributed by atoms with Crippen molar-refractivity contribution in [1.82, 2.24) is 14.1 Å². The molecule has 0 radical (unpaired) electrons. The Kier molecular flexibility index (Phi) is 4.80. The average molecular weight is 382 g/mol. The topological polar surface area (TPSA) is 26.6 Å². The Balaban J connectivity index is 0.00000147. The van der Waals surface area contributed by atoms with Crippen LogP contribution in [-0.2, 0) is 13.6 Å². The molecule has 3 aromatic rings. The van der Waals surface area contributed by atoms with Crippen molar-refractivity contribution in [2.24, 2.45) is 7.05 Å². The number of hydrogen-bond donors (Lipinski definition) is 0. The van der Waals surface area contributed by atoms with Crippen LogP contribution >= 0.6 is 0 Å². The fourth-order valence-electron chi connectivity index (χ4n) is 2.35. The van der Waals surface area contributed by atoms with E-state index >= 15 is 0 Å². The normalized spacial score (nSPS) is 10.7. The lowest BCUT2D eigenvalue weighted by Crippen LogP contribution is -3.00. The number of aromatic nitrogens is 4. The van der Waals surface area contributed by atoms with Gasteiger partial charge in [0, 0.05) is 7.05 Å². The second kappa shape index (κ2) is 6.39. The summed E-state index contributed by atoms with van der Waals surface area (Å²) in [6.45, 7) is 3.27. The molecule has 106 valence electrons. The Labute approximate surface area is 136 Å². The average Bonchev–Trinajstić information content (AvgIpc) is 3.02. The minimum atomic E-state index is 0. The molecule has 0 aliphatic heterocycles. The Morgan fingerprint density at radius 2 is 2.05 bits per heavy atom. The van der Waals surface area contributed by atoms with Crippen LogP contribution in [0.5, 0.6) is 0 Å². The number of fused-ring (bicyclic) bond motifs is 1. The van der Waals surface area contributed by atoms with Crippen LogP contribution in [0.4, 0.5) is 0 Å². The maximum atomic E-state index is 4.69. The molecule has 0 aliphatic carbocycles. The second-order valence-electron chi connectivity index (χ2n) is 4.87. The van der Waals surface area contributed by atoms with Crippen LogP contribution in [0.3, 0.4) is 0 Å². The van der Waals surface area contributed by atoms with Gasteiger partial charge >= 0.3 is 5.95 Å². The summed E-state index contributed by atoms with van der Waals surface area (Å²) in [4.78, 5) is 4.69. The van der Waals surface area contributed by atoms with Gasteiger partial charge < -0.3 is 24.0 Å². The Hall–Kier alpha value is -1.37. The van der Waals surface area contributed by atoms with Crippen LogP contribution in [0.2, 0.25) is 0 Å². The van der Waals surface area contributed by atoms with Crippen LogP contribution in [0, 0.1) is 0 Å². The SMILES string of the molecule is CCCC[n+]1ccn(-c2nc3ccccc3n2C)c1.[I-]. The second-order valence-corrected chi connectivity index (χ2v) is 4.87. The van der Waals surface area contributed by atoms with Crippen molar-refractivity contribution in [2.75, 3.05) is 0 Å². The van der Waals surface area contributed by atoms with Gasteiger partial charge in [0.1, 0.15) is 12.4 Å². The van der Waals surface area contributed by atoms with E-state index in [1.54, 1.807) is 0 Å². The molecule has 2 heterocycles. The predicted octanol–water partition coefficient (Wildman–Crippen LogP) is -0.544. The number of unbranched alkanes of at least 4 members (excludes halogenated alkanes) is 1. The van der Waals surface area contributed by atoms with Gasteiger partial charge in [-0.2, -0.15) is 9.55 Å². The lowest BCUT2D eigenvalue weighted by Gasteiger charge is -1.96. The first-order valence-electron chi connectivity index (χ1n) is 6.78. The first-order valence-corrected chi connectivity index (χ1v) is 6.78. The molecule has 0 saturated carbocycles. The minimum absolute atomic E-state index is 0. The minimum Gasteiger partial charge on any atom is -1.00 e. The van der Waals surface area contributed by atoms with Gasteiger partial charge in [-0.1, -0.05) is 25.5 Å². The lowest BCUT2D eigenvalue weighted by atomic mass is 10.3. The van der Waals surface area contributed by atoms with Crippen molar-refractivity contribution in [3.8, 4) is 5.95 Å². The van der Waals surface area contributed by atoms with Gasteiger partial charge in [0.2, 0.25) is 0 Å². The van der Waals surface area contributed by atoms with Crippen molar-refractivity contribution in [3.63, 3.8) is 0 Å². The van der Waals surface area contributed by atoms with Crippen molar-refractivity contribution >= 4 is 11.0 Å². The van der Waals surface area contributed by atoms with E-state index in [9.17, 15) is 0 Å². The fourth-order valence-corrected chi connectivity index (χ4v) is 2.35. The van der Waals surface area contributed by atoms with Gasteiger partial charge in [-0.3, -0.25) is 4.57 Å². The first kappa shape index (κ1) is 15.0. The summed E-state index contributed by atoms with van der Waals surface area (Å²) >= 11 is 0. The summed E-state index contributed by atoms with van der Waals surface area (Å²) in [7, 11) is 2.06. The van der Waals surface area contributed by atoms with E-state index in [0.717, 1.165) is 23.5 Å². The number of imidazole rings is 2. The summed E-state index contributed by atoms with van der Waals surface area (Å²) in [5.41, 5.74) is 2.19. The molecule has 0 unspecified atom stereocenters. The number of halogens is 1. The zero-order valence-corrected chi connectivity index (χ0v) is 14.0. The summed E-state index contributed by atoms with van der Waals surface area (Å²) in [6, 6.07) is 8.22. The Bertz CT molecular complexity index is 699. The van der Waals surface area contributed by atoms with Gasteiger partial charge in [-0.15, -0.1) is 0 Å². The third kappa shape index (κ3) is 2.72. The van der Waals surface area contributed by atoms with E-state index in [0.29, 0.717) is 0 Å². The van der Waals surface area contributed by atoms with E-state index in [4.69, 9.17) is 0 Å². The third-order valence-electron chi connectivity index (χ3n) is 3.46. The quantitative estimate of drug-likeness (QED) is 0.440. The monoisotopic (exact) mass is 382 g/mol. The number of hydrogen-bond acceptors (Lipinski definition) is 1. The van der Waals surface area contributed by atoms with Crippen LogP contribution < -0.4 is 28.5 Å². The zero-order valence-electron chi connectivity index (χ0n) is 11.8. The van der Waals surface area contributed by atoms with Crippen LogP contribution in [0.15, 0.2) is 43.0 Å². The Morgan fingerprint density at radius 1 is 1.25 bits per heavy atom. The molecule has 0 saturated heterocycles. The maximum absolute atomic E-state index is 4.69. The number of aryl methyl sites for hydroxylation is 2. The summed E-state index contributed by atoms with van der Waals surface area (Å²) in [5, 5.41) is 0. The molecule has 20 heavy (non-hydrogen) atoms. The molecule has 3 rings (SSSR count). The number of nitrogens with zero attached hydrogens (tertiary/aromatic N) is 4. The standard InChI is InChI=1S/C15H19N4.HI/c1-3-4-9-18-10-11-19(12-18)15-16-13-7-5-6-8-14(13)17(15)2;/h5-8,10-12H,3-4,9H2,1-2H3;1H/q+1;/p-1. The Morgan fingerprint density at radius 3 is 2.80 bits per heavy atom. The maximum Gasteiger partial charge on any atom is 0.306 e. The van der Waals surface area contributed by atoms with Gasteiger partial charge in [0.05, 0.1) is 17.6 Å². The highest BCUT2D eigenvalue weighted by molar-refractivity contribution is 5.77. The van der Waals surface area contributed by atoms with E-state index in [-0.39, 0.29) is 24.0 Å². The van der Waals surface area contributed by atoms with Crippen molar-refractivity contribution in [1.29, 1.82) is 0 Å². The van der Waals surface area contributed by atoms with Crippen molar-refractivity contribution in [2.45, 2.75) is 26.3 Å². The molecule has 0 spiro atoms. The van der Waals surface area contributed by atoms with Crippen LogP contribution in [0.1, 0.15) is 19.8 Å². The van der Waals surface area contributed by atoms with Gasteiger partial charge in [0.25, 0.3) is 6.33 Å². The zero-order chi connectivity index (χ0) is 13.2. The van der Waals surface area contributed by atoms with E-state index < -0.39 is 0 Å². The fraction of sp³-hybridized carbons (Fsp3) is 0.333. The molecule has 0 amide bonds. The molecule has 0 bridgehead atoms. The number of rotatable bonds is 4. The molecule has 1 aromatic carbocycles. The van der Waals surface area contributed by atoms with E-state index in [1.807, 2.05) is 18.2 Å². The molecule has 5 heteroatoms. The number of para-hydroxylation sites is 2. The first-order chi connectivity index (χ1) is 9.29. The van der Waals surface area contributed by atoms with Crippen molar-refractivity contribution in [3.05, 3.63) is 43.0 Å². The molecule has 0 aliphatic rings. The van der Waals surface area contributed by atoms with Gasteiger partial charge in [-0.25, -0.2) is 4.57 Å². The third-order valence-corrected chi connectivity index (χ3v) is 3.46. The molecule has 0 fully saturated rings. The van der Waals surface area contributed by atoms with E-state index in [1.165, 1.54) is 12.8 Å². The largest absolute Gasteiger partial charge is 1.00 e. The van der Waals surface area contributed by atoms with Crippen LogP contribution in [0.25, 0.3) is 17.0 Å². The summed E-state index contributed by atoms with van der Waals surface area (Å²) in [6.07, 6.45) is 8.70. The molecular weight excluding hydrogens is 363 g/mol. The van der Waals surface area contributed by atoms with Gasteiger partial charge in [-0.05, 0) is 18.6 Å². The van der Waals surface area contributed by atoms with E-state index in [2.05, 4.69) is 57.4 Å². The summed E-state index contributed by atoms with van der Waals surface area (Å²) < 4.78 is 6.41. The molecule has 4 nitrogen and oxygen atoms in total. The van der Waals surface area contributed by atoms with Crippen LogP contribution in [-0.4, -0.2) is 14.1 Å². The van der Waals surface area contributed by atoms with Gasteiger partial charge in [0.15, 0.2) is 0 Å². The number of benzene rings is 1. The lowest BCUT2D eigenvalue weighted by molar-refractivity contribution is -0.696. The molecule has 0 atom stereocenters. The highest BCUT2D eigenvalue weighted by atomic mass is 127. The van der Waals surface area contributed by atoms with Crippen molar-refractivity contribution < 1.29 is 28.5 Å². The summed E-state index contributed by atoms with van der Waals surface area (Å²) in [5.74, 6) is 0.955.